The van der Waals surface area contributed by atoms with Crippen LogP contribution < -0.4 is 0 Å². The van der Waals surface area contributed by atoms with Crippen LogP contribution in [-0.2, 0) is 0 Å². The largest absolute Gasteiger partial charge is 0.0878 e. The summed E-state index contributed by atoms with van der Waals surface area (Å²) in [4.78, 5) is 0.724. The number of nitrogens with zero attached hydrogens (tertiary/aromatic N) is 2. The van der Waals surface area contributed by atoms with Gasteiger partial charge in [-0.2, -0.15) is 0 Å². The van der Waals surface area contributed by atoms with Crippen molar-refractivity contribution in [3.63, 3.8) is 0 Å². The predicted octanol–water partition coefficient (Wildman–Crippen LogP) is 2.50. The molecule has 0 amide bonds. The van der Waals surface area contributed by atoms with Gasteiger partial charge in [0.15, 0.2) is 0 Å². The average Bonchev–Trinajstić information content (AvgIpc) is 1.61. The Bertz CT molecular complexity index is 90.9. The van der Waals surface area contributed by atoms with Gasteiger partial charge in [-0.05, 0) is 11.8 Å². The maximum absolute atomic E-state index is 10.7. The molecule has 0 fully saturated rings. The van der Waals surface area contributed by atoms with Gasteiger partial charge in [-0.15, -0.1) is 0 Å². The molecule has 0 spiro atoms. The van der Waals surface area contributed by atoms with E-state index in [2.05, 4.69) is 11.1 Å². The van der Waals surface area contributed by atoms with E-state index in [1.807, 2.05) is 5.34 Å². The average molecular weight is 120 g/mol. The van der Waals surface area contributed by atoms with E-state index in [1.165, 1.54) is 0 Å². The number of halogens is 1. The Kier molecular flexibility index (Phi) is 3.59. The Labute approximate surface area is 45.6 Å². The molecule has 40 valence electrons. The second-order valence-electron chi connectivity index (χ2n) is 0.951. The topological polar surface area (TPSA) is 24.7 Å². The molecule has 0 aromatic carbocycles. The Morgan fingerprint density at radius 3 is 2.57 bits per heavy atom. The van der Waals surface area contributed by atoms with E-state index in [0.29, 0.717) is 0 Å². The maximum atomic E-state index is 10.7. The van der Waals surface area contributed by atoms with Gasteiger partial charge >= 0.3 is 0 Å². The lowest BCUT2D eigenvalue weighted by molar-refractivity contribution is 0.501. The summed E-state index contributed by atoms with van der Waals surface area (Å²) in [6.45, 7) is 5.16. The minimum atomic E-state index is 0.724. The predicted molar refractivity (Wildman–Crippen MR) is 28.4 cm³/mol. The third kappa shape index (κ3) is 5.62. The number of allylic oxidation sites excluding steroid dienone is 1. The number of hydrogen-bond donors (Lipinski definition) is 0. The first kappa shape index (κ1) is 6.62. The maximum Gasteiger partial charge on any atom is 0.0314 e. The van der Waals surface area contributed by atoms with Crippen molar-refractivity contribution < 1.29 is 4.48 Å². The second kappa shape index (κ2) is 3.80. The van der Waals surface area contributed by atoms with Crippen molar-refractivity contribution in [2.24, 2.45) is 9.86 Å². The molecule has 0 heterocycles. The molecule has 0 unspecified atom stereocenters. The van der Waals surface area contributed by atoms with Crippen LogP contribution in [0.5, 0.6) is 0 Å². The Hall–Kier alpha value is -0.380. The minimum Gasteiger partial charge on any atom is -0.0878 e. The lowest BCUT2D eigenvalue weighted by atomic mass is 10.8. The highest BCUT2D eigenvalue weighted by Gasteiger charge is 1.78. The molecule has 0 saturated heterocycles. The summed E-state index contributed by atoms with van der Waals surface area (Å²) in [5, 5.41) is 2.00. The van der Waals surface area contributed by atoms with E-state index < -0.39 is 0 Å². The molecule has 0 aromatic rings. The third-order valence-corrected chi connectivity index (χ3v) is 0.683. The Morgan fingerprint density at radius 1 is 1.86 bits per heavy atom. The van der Waals surface area contributed by atoms with E-state index >= 15 is 0 Å². The van der Waals surface area contributed by atoms with Crippen LogP contribution in [0.3, 0.4) is 0 Å². The van der Waals surface area contributed by atoms with Crippen LogP contribution in [0.15, 0.2) is 21.3 Å². The molecule has 0 N–H and O–H groups in total. The normalized spacial score (nSPS) is 10.0. The van der Waals surface area contributed by atoms with Gasteiger partial charge in [0.25, 0.3) is 0 Å². The molecule has 0 bridgehead atoms. The zero-order valence-corrected chi connectivity index (χ0v) is 4.70. The lowest BCUT2D eigenvalue weighted by Crippen LogP contribution is -1.50. The van der Waals surface area contributed by atoms with E-state index in [1.54, 1.807) is 6.92 Å². The Balaban J connectivity index is 3.14. The summed E-state index contributed by atoms with van der Waals surface area (Å²) in [5.74, 6) is 0. The standard InChI is InChI=1S/C3H5FN2S/c1-3(2)7-6-5-4/h1H2,2H3/b6-5-. The molecule has 0 atom stereocenters. The van der Waals surface area contributed by atoms with Crippen molar-refractivity contribution >= 4 is 11.9 Å². The Morgan fingerprint density at radius 2 is 2.43 bits per heavy atom. The van der Waals surface area contributed by atoms with Crippen LogP contribution in [0.1, 0.15) is 6.92 Å². The van der Waals surface area contributed by atoms with E-state index in [0.717, 1.165) is 16.9 Å². The van der Waals surface area contributed by atoms with Crippen molar-refractivity contribution in [2.75, 3.05) is 0 Å². The molecule has 0 saturated carbocycles. The summed E-state index contributed by atoms with van der Waals surface area (Å²) in [6, 6.07) is 0. The zero-order valence-electron chi connectivity index (χ0n) is 3.89. The van der Waals surface area contributed by atoms with Gasteiger partial charge in [-0.25, -0.2) is 0 Å². The number of hydrogen-bond acceptors (Lipinski definition) is 3. The summed E-state index contributed by atoms with van der Waals surface area (Å²) in [6.07, 6.45) is 0. The monoisotopic (exact) mass is 120 g/mol. The van der Waals surface area contributed by atoms with Gasteiger partial charge in [0.2, 0.25) is 0 Å². The highest BCUT2D eigenvalue weighted by Crippen LogP contribution is 2.12. The van der Waals surface area contributed by atoms with Crippen LogP contribution in [-0.4, -0.2) is 0 Å². The van der Waals surface area contributed by atoms with Gasteiger partial charge in [0.05, 0.1) is 0 Å². The van der Waals surface area contributed by atoms with Crippen molar-refractivity contribution in [3.8, 4) is 0 Å². The quantitative estimate of drug-likeness (QED) is 0.406. The first-order chi connectivity index (χ1) is 3.27. The molecule has 2 nitrogen and oxygen atoms in total. The third-order valence-electron chi connectivity index (χ3n) is 0.228. The van der Waals surface area contributed by atoms with Gasteiger partial charge in [0.1, 0.15) is 0 Å². The van der Waals surface area contributed by atoms with E-state index in [-0.39, 0.29) is 0 Å². The van der Waals surface area contributed by atoms with Gasteiger partial charge < -0.3 is 0 Å². The SMILES string of the molecule is C=C(C)S/N=N\F. The molecule has 0 rings (SSSR count). The van der Waals surface area contributed by atoms with Crippen molar-refractivity contribution in [1.29, 1.82) is 0 Å². The van der Waals surface area contributed by atoms with Crippen LogP contribution >= 0.6 is 11.9 Å². The highest BCUT2D eigenvalue weighted by atomic mass is 32.2. The molecule has 0 aliphatic rings. The van der Waals surface area contributed by atoms with Crippen molar-refractivity contribution in [1.82, 2.24) is 0 Å². The second-order valence-corrected chi connectivity index (χ2v) is 1.99. The molecule has 0 aromatic heterocycles. The van der Waals surface area contributed by atoms with Crippen LogP contribution in [0.4, 0.5) is 4.48 Å². The summed E-state index contributed by atoms with van der Waals surface area (Å²) < 4.78 is 13.7. The first-order valence-corrected chi connectivity index (χ1v) is 2.38. The molecular weight excluding hydrogens is 115 g/mol. The fraction of sp³-hybridized carbons (Fsp3) is 0.333. The van der Waals surface area contributed by atoms with Crippen LogP contribution in [0, 0.1) is 0 Å². The summed E-state index contributed by atoms with van der Waals surface area (Å²) in [7, 11) is 0. The number of rotatable bonds is 2. The van der Waals surface area contributed by atoms with Crippen molar-refractivity contribution in [3.05, 3.63) is 11.5 Å². The summed E-state index contributed by atoms with van der Waals surface area (Å²) in [5.41, 5.74) is 0. The van der Waals surface area contributed by atoms with Gasteiger partial charge in [-0.1, -0.05) is 15.6 Å². The minimum absolute atomic E-state index is 0.724. The van der Waals surface area contributed by atoms with E-state index in [4.69, 9.17) is 0 Å². The fourth-order valence-corrected chi connectivity index (χ4v) is 0.255. The van der Waals surface area contributed by atoms with E-state index in [9.17, 15) is 4.48 Å². The molecule has 0 aliphatic heterocycles. The fourth-order valence-electron chi connectivity index (χ4n) is 0.0851. The summed E-state index contributed by atoms with van der Waals surface area (Å²) >= 11 is 0.920. The van der Waals surface area contributed by atoms with Crippen LogP contribution in [0.2, 0.25) is 0 Å². The van der Waals surface area contributed by atoms with Gasteiger partial charge in [0, 0.05) is 17.3 Å². The lowest BCUT2D eigenvalue weighted by Gasteiger charge is -1.80. The molecule has 0 aliphatic carbocycles. The first-order valence-electron chi connectivity index (χ1n) is 1.61. The molecule has 4 heteroatoms. The van der Waals surface area contributed by atoms with Crippen LogP contribution in [0.25, 0.3) is 0 Å². The highest BCUT2D eigenvalue weighted by molar-refractivity contribution is 8.01. The smallest absolute Gasteiger partial charge is 0.0314 e. The van der Waals surface area contributed by atoms with Gasteiger partial charge in [-0.3, -0.25) is 0 Å². The molecule has 7 heavy (non-hydrogen) atoms. The van der Waals surface area contributed by atoms with Crippen molar-refractivity contribution in [2.45, 2.75) is 6.92 Å². The zero-order chi connectivity index (χ0) is 5.70. The molecule has 0 radical (unpaired) electrons. The molecular formula is C3H5FN2S.